The van der Waals surface area contributed by atoms with Gasteiger partial charge in [0.2, 0.25) is 0 Å². The Morgan fingerprint density at radius 3 is 2.85 bits per heavy atom. The summed E-state index contributed by atoms with van der Waals surface area (Å²) in [7, 11) is 0. The smallest absolute Gasteiger partial charge is 0.184 e. The predicted molar refractivity (Wildman–Crippen MR) is 56.5 cm³/mol. The van der Waals surface area contributed by atoms with Gasteiger partial charge in [-0.25, -0.2) is 4.98 Å². The highest BCUT2D eigenvalue weighted by atomic mass is 35.5. The number of aliphatic hydroxyl groups is 1. The molecule has 2 unspecified atom stereocenters. The molecule has 0 aliphatic carbocycles. The summed E-state index contributed by atoms with van der Waals surface area (Å²) in [6.07, 6.45) is 0.412. The fraction of sp³-hybridized carbons (Fsp3) is 0.625. The third-order valence-electron chi connectivity index (χ3n) is 1.54. The second-order valence-corrected chi connectivity index (χ2v) is 4.35. The summed E-state index contributed by atoms with van der Waals surface area (Å²) < 4.78 is 0. The molecule has 0 radical (unpaired) electrons. The van der Waals surface area contributed by atoms with Crippen LogP contribution < -0.4 is 5.32 Å². The Bertz CT molecular complexity index is 264. The van der Waals surface area contributed by atoms with Gasteiger partial charge in [0.25, 0.3) is 0 Å². The molecule has 2 N–H and O–H groups in total. The molecule has 0 saturated heterocycles. The van der Waals surface area contributed by atoms with Crippen LogP contribution in [-0.4, -0.2) is 22.2 Å². The van der Waals surface area contributed by atoms with Crippen LogP contribution in [0.3, 0.4) is 0 Å². The molecule has 1 heterocycles. The van der Waals surface area contributed by atoms with E-state index in [1.54, 1.807) is 12.3 Å². The Kier molecular flexibility index (Phi) is 3.96. The first-order valence-electron chi connectivity index (χ1n) is 4.13. The van der Waals surface area contributed by atoms with Gasteiger partial charge in [-0.05, 0) is 20.3 Å². The molecule has 1 aromatic rings. The summed E-state index contributed by atoms with van der Waals surface area (Å²) in [6, 6.07) is 0.210. The fourth-order valence-corrected chi connectivity index (χ4v) is 2.05. The van der Waals surface area contributed by atoms with Gasteiger partial charge in [0, 0.05) is 11.4 Å². The van der Waals surface area contributed by atoms with E-state index in [2.05, 4.69) is 10.3 Å². The van der Waals surface area contributed by atoms with Crippen molar-refractivity contribution < 1.29 is 5.11 Å². The molecular weight excluding hydrogens is 208 g/mol. The van der Waals surface area contributed by atoms with Crippen LogP contribution in [0.4, 0.5) is 5.13 Å². The molecule has 74 valence electrons. The molecule has 1 aromatic heterocycles. The largest absolute Gasteiger partial charge is 0.393 e. The molecule has 0 fully saturated rings. The van der Waals surface area contributed by atoms with Crippen molar-refractivity contribution in [3.63, 3.8) is 0 Å². The number of nitrogens with zero attached hydrogens (tertiary/aromatic N) is 1. The number of halogens is 1. The second-order valence-electron chi connectivity index (χ2n) is 3.11. The first kappa shape index (κ1) is 10.8. The maximum absolute atomic E-state index is 9.12. The van der Waals surface area contributed by atoms with Gasteiger partial charge < -0.3 is 10.4 Å². The van der Waals surface area contributed by atoms with E-state index >= 15 is 0 Å². The minimum atomic E-state index is -0.294. The minimum absolute atomic E-state index is 0.210. The summed E-state index contributed by atoms with van der Waals surface area (Å²) >= 11 is 7.13. The van der Waals surface area contributed by atoms with Crippen molar-refractivity contribution >= 4 is 28.1 Å². The Morgan fingerprint density at radius 1 is 1.69 bits per heavy atom. The molecule has 13 heavy (non-hydrogen) atoms. The van der Waals surface area contributed by atoms with E-state index < -0.39 is 0 Å². The van der Waals surface area contributed by atoms with E-state index in [1.165, 1.54) is 11.3 Å². The van der Waals surface area contributed by atoms with E-state index in [0.29, 0.717) is 11.6 Å². The van der Waals surface area contributed by atoms with E-state index in [4.69, 9.17) is 16.7 Å². The van der Waals surface area contributed by atoms with Crippen molar-refractivity contribution in [2.24, 2.45) is 0 Å². The van der Waals surface area contributed by atoms with Crippen LogP contribution in [0.15, 0.2) is 5.38 Å². The van der Waals surface area contributed by atoms with E-state index in [1.807, 2.05) is 6.92 Å². The minimum Gasteiger partial charge on any atom is -0.393 e. The zero-order valence-electron chi connectivity index (χ0n) is 7.62. The van der Waals surface area contributed by atoms with Gasteiger partial charge in [-0.1, -0.05) is 11.6 Å². The lowest BCUT2D eigenvalue weighted by Gasteiger charge is -2.13. The Balaban J connectivity index is 2.40. The Hall–Kier alpha value is -0.320. The highest BCUT2D eigenvalue weighted by molar-refractivity contribution is 7.14. The Morgan fingerprint density at radius 2 is 2.38 bits per heavy atom. The molecule has 0 saturated carbocycles. The summed E-state index contributed by atoms with van der Waals surface area (Å²) in [4.78, 5) is 4.05. The molecule has 0 amide bonds. The van der Waals surface area contributed by atoms with Gasteiger partial charge in [0.15, 0.2) is 5.13 Å². The quantitative estimate of drug-likeness (QED) is 0.819. The zero-order chi connectivity index (χ0) is 9.84. The van der Waals surface area contributed by atoms with Crippen LogP contribution >= 0.6 is 22.9 Å². The number of hydrogen-bond donors (Lipinski definition) is 2. The second kappa shape index (κ2) is 4.79. The van der Waals surface area contributed by atoms with Crippen molar-refractivity contribution in [2.45, 2.75) is 32.4 Å². The van der Waals surface area contributed by atoms with E-state index in [-0.39, 0.29) is 12.1 Å². The Labute approximate surface area is 86.8 Å². The van der Waals surface area contributed by atoms with Gasteiger partial charge in [-0.2, -0.15) is 0 Å². The first-order valence-corrected chi connectivity index (χ1v) is 5.39. The lowest BCUT2D eigenvalue weighted by atomic mass is 10.2. The number of hydrogen-bond acceptors (Lipinski definition) is 4. The third-order valence-corrected chi connectivity index (χ3v) is 2.64. The molecule has 1 rings (SSSR count). The SMILES string of the molecule is CC(O)CC(C)Nc1nc(Cl)cs1. The lowest BCUT2D eigenvalue weighted by molar-refractivity contribution is 0.179. The van der Waals surface area contributed by atoms with Crippen LogP contribution in [0, 0.1) is 0 Å². The molecule has 0 spiro atoms. The molecule has 0 aliphatic heterocycles. The maximum Gasteiger partial charge on any atom is 0.184 e. The first-order chi connectivity index (χ1) is 6.08. The predicted octanol–water partition coefficient (Wildman–Crippen LogP) is 2.37. The lowest BCUT2D eigenvalue weighted by Crippen LogP contribution is -2.20. The maximum atomic E-state index is 9.12. The molecule has 3 nitrogen and oxygen atoms in total. The molecule has 0 aromatic carbocycles. The number of aliphatic hydroxyl groups excluding tert-OH is 1. The van der Waals surface area contributed by atoms with Crippen LogP contribution in [0.25, 0.3) is 0 Å². The highest BCUT2D eigenvalue weighted by Gasteiger charge is 2.07. The van der Waals surface area contributed by atoms with Gasteiger partial charge in [0.05, 0.1) is 6.10 Å². The number of aromatic nitrogens is 1. The van der Waals surface area contributed by atoms with Crippen molar-refractivity contribution in [2.75, 3.05) is 5.32 Å². The fourth-order valence-electron chi connectivity index (χ4n) is 1.10. The van der Waals surface area contributed by atoms with Crippen LogP contribution in [0.5, 0.6) is 0 Å². The third kappa shape index (κ3) is 3.93. The molecular formula is C8H13ClN2OS. The van der Waals surface area contributed by atoms with Crippen LogP contribution in [-0.2, 0) is 0 Å². The molecule has 2 atom stereocenters. The van der Waals surface area contributed by atoms with Crippen LogP contribution in [0.2, 0.25) is 5.15 Å². The number of nitrogens with one attached hydrogen (secondary N) is 1. The zero-order valence-corrected chi connectivity index (χ0v) is 9.19. The summed E-state index contributed by atoms with van der Waals surface area (Å²) in [5.74, 6) is 0. The number of rotatable bonds is 4. The number of thiazole rings is 1. The monoisotopic (exact) mass is 220 g/mol. The normalized spacial score (nSPS) is 15.4. The standard InChI is InChI=1S/C8H13ClN2OS/c1-5(3-6(2)12)10-8-11-7(9)4-13-8/h4-6,12H,3H2,1-2H3,(H,10,11). The van der Waals surface area contributed by atoms with Crippen LogP contribution in [0.1, 0.15) is 20.3 Å². The summed E-state index contributed by atoms with van der Waals surface area (Å²) in [5, 5.41) is 15.4. The highest BCUT2D eigenvalue weighted by Crippen LogP contribution is 2.20. The van der Waals surface area contributed by atoms with Gasteiger partial charge in [-0.15, -0.1) is 11.3 Å². The average Bonchev–Trinajstić information content (AvgIpc) is 2.33. The van der Waals surface area contributed by atoms with Crippen molar-refractivity contribution in [3.8, 4) is 0 Å². The summed E-state index contributed by atoms with van der Waals surface area (Å²) in [5.41, 5.74) is 0. The topological polar surface area (TPSA) is 45.1 Å². The van der Waals surface area contributed by atoms with Gasteiger partial charge in [0.1, 0.15) is 5.15 Å². The molecule has 5 heteroatoms. The summed E-state index contributed by atoms with van der Waals surface area (Å²) in [6.45, 7) is 3.77. The molecule has 0 aliphatic rings. The van der Waals surface area contributed by atoms with Gasteiger partial charge >= 0.3 is 0 Å². The number of anilines is 1. The van der Waals surface area contributed by atoms with Gasteiger partial charge in [-0.3, -0.25) is 0 Å². The van der Waals surface area contributed by atoms with Crippen molar-refractivity contribution in [3.05, 3.63) is 10.5 Å². The average molecular weight is 221 g/mol. The van der Waals surface area contributed by atoms with Crippen molar-refractivity contribution in [1.82, 2.24) is 4.98 Å². The van der Waals surface area contributed by atoms with E-state index in [0.717, 1.165) is 5.13 Å². The molecule has 0 bridgehead atoms. The van der Waals surface area contributed by atoms with Crippen molar-refractivity contribution in [1.29, 1.82) is 0 Å². The van der Waals surface area contributed by atoms with E-state index in [9.17, 15) is 0 Å².